The van der Waals surface area contributed by atoms with Crippen LogP contribution in [0.15, 0.2) is 32.2 Å². The molecule has 34 heavy (non-hydrogen) atoms. The molecule has 0 saturated carbocycles. The first-order chi connectivity index (χ1) is 16.3. The lowest BCUT2D eigenvalue weighted by Gasteiger charge is -2.10. The highest BCUT2D eigenvalue weighted by Crippen LogP contribution is 2.29. The summed E-state index contributed by atoms with van der Waals surface area (Å²) in [5.74, 6) is 0.0847. The van der Waals surface area contributed by atoms with Crippen molar-refractivity contribution < 1.29 is 9.21 Å². The van der Waals surface area contributed by atoms with Gasteiger partial charge in [0.15, 0.2) is 5.58 Å². The maximum absolute atomic E-state index is 13.2. The Balaban J connectivity index is 1.48. The van der Waals surface area contributed by atoms with E-state index in [0.29, 0.717) is 57.1 Å². The van der Waals surface area contributed by atoms with Gasteiger partial charge in [-0.25, -0.2) is 9.78 Å². The number of rotatable bonds is 5. The Hall–Kier alpha value is -3.24. The van der Waals surface area contributed by atoms with Crippen molar-refractivity contribution in [2.75, 3.05) is 26.0 Å². The van der Waals surface area contributed by atoms with E-state index in [2.05, 4.69) is 5.32 Å². The number of aromatic nitrogens is 3. The van der Waals surface area contributed by atoms with E-state index in [0.717, 1.165) is 31.5 Å². The molecule has 5 rings (SSSR count). The van der Waals surface area contributed by atoms with Gasteiger partial charge in [0.1, 0.15) is 10.7 Å². The smallest absolute Gasteiger partial charge is 0.408 e. The predicted octanol–water partition coefficient (Wildman–Crippen LogP) is 3.21. The maximum atomic E-state index is 13.2. The molecular weight excluding hydrogens is 454 g/mol. The van der Waals surface area contributed by atoms with E-state index in [1.165, 1.54) is 11.3 Å². The van der Waals surface area contributed by atoms with Crippen LogP contribution in [0, 0.1) is 6.92 Å². The number of fused-ring (bicyclic) bond motifs is 3. The number of hydrogen-bond acceptors (Lipinski definition) is 7. The molecule has 0 fully saturated rings. The van der Waals surface area contributed by atoms with E-state index in [1.54, 1.807) is 34.3 Å². The van der Waals surface area contributed by atoms with Gasteiger partial charge in [-0.2, -0.15) is 0 Å². The largest absolute Gasteiger partial charge is 0.419 e. The molecule has 0 bridgehead atoms. The fraction of sp³-hybridized carbons (Fsp3) is 0.417. The summed E-state index contributed by atoms with van der Waals surface area (Å²) in [6, 6.07) is 5.13. The molecule has 9 nitrogen and oxygen atoms in total. The van der Waals surface area contributed by atoms with E-state index < -0.39 is 5.76 Å². The summed E-state index contributed by atoms with van der Waals surface area (Å²) in [5.41, 5.74) is 2.25. The Kier molecular flexibility index (Phi) is 5.86. The summed E-state index contributed by atoms with van der Waals surface area (Å²) in [7, 11) is 3.87. The second-order valence-corrected chi connectivity index (χ2v) is 9.99. The zero-order valence-electron chi connectivity index (χ0n) is 19.5. The minimum absolute atomic E-state index is 0.0561. The third-order valence-electron chi connectivity index (χ3n) is 6.31. The summed E-state index contributed by atoms with van der Waals surface area (Å²) >= 11 is 1.25. The van der Waals surface area contributed by atoms with Crippen molar-refractivity contribution in [2.45, 2.75) is 45.7 Å². The van der Waals surface area contributed by atoms with Crippen molar-refractivity contribution in [3.05, 3.63) is 55.4 Å². The van der Waals surface area contributed by atoms with Crippen LogP contribution in [0.1, 0.15) is 40.3 Å². The molecule has 4 heterocycles. The number of benzene rings is 1. The Labute approximate surface area is 199 Å². The van der Waals surface area contributed by atoms with Crippen molar-refractivity contribution in [1.82, 2.24) is 19.0 Å². The highest BCUT2D eigenvalue weighted by atomic mass is 32.1. The van der Waals surface area contributed by atoms with Crippen LogP contribution in [0.25, 0.3) is 21.3 Å². The molecule has 0 aliphatic carbocycles. The molecule has 10 heteroatoms. The average molecular weight is 482 g/mol. The van der Waals surface area contributed by atoms with E-state index >= 15 is 0 Å². The molecule has 1 amide bonds. The van der Waals surface area contributed by atoms with Crippen molar-refractivity contribution in [2.24, 2.45) is 0 Å². The number of oxazole rings is 1. The summed E-state index contributed by atoms with van der Waals surface area (Å²) in [5, 5.41) is 3.45. The highest BCUT2D eigenvalue weighted by molar-refractivity contribution is 7.20. The number of anilines is 1. The zero-order valence-corrected chi connectivity index (χ0v) is 20.3. The number of hydrogen-bond donors (Lipinski definition) is 1. The fourth-order valence-electron chi connectivity index (χ4n) is 4.47. The summed E-state index contributed by atoms with van der Waals surface area (Å²) in [6.07, 6.45) is 3.86. The first-order valence-corrected chi connectivity index (χ1v) is 12.3. The lowest BCUT2D eigenvalue weighted by Crippen LogP contribution is -2.24. The second kappa shape index (κ2) is 8.84. The highest BCUT2D eigenvalue weighted by Gasteiger charge is 2.22. The number of carbonyl (C=O) groups is 1. The van der Waals surface area contributed by atoms with Gasteiger partial charge in [-0.15, -0.1) is 11.3 Å². The molecule has 0 unspecified atom stereocenters. The zero-order chi connectivity index (χ0) is 24.0. The number of likely N-dealkylation sites (N-methyl/N-ethyl adjacent to an activating group) is 1. The van der Waals surface area contributed by atoms with Crippen LogP contribution in [-0.2, 0) is 19.5 Å². The first kappa shape index (κ1) is 22.5. The van der Waals surface area contributed by atoms with Crippen LogP contribution in [0.3, 0.4) is 0 Å². The summed E-state index contributed by atoms with van der Waals surface area (Å²) < 4.78 is 8.68. The van der Waals surface area contributed by atoms with Gasteiger partial charge in [-0.1, -0.05) is 6.42 Å². The van der Waals surface area contributed by atoms with E-state index in [4.69, 9.17) is 9.40 Å². The standard InChI is InChI=1S/C24H27N5O4S/c1-14-19-22(26-18-7-5-4-6-10-29(18)23(19)31)34-20(14)21(30)25-15-8-9-17-16(13-15)28(24(32)33-17)12-11-27(2)3/h8-9,13H,4-7,10-12H2,1-3H3,(H,25,30). The molecule has 178 valence electrons. The topological polar surface area (TPSA) is 102 Å². The first-order valence-electron chi connectivity index (χ1n) is 11.5. The quantitative estimate of drug-likeness (QED) is 0.470. The molecule has 3 aromatic heterocycles. The van der Waals surface area contributed by atoms with Gasteiger partial charge in [0.25, 0.3) is 11.5 Å². The van der Waals surface area contributed by atoms with Gasteiger partial charge in [0.2, 0.25) is 0 Å². The lowest BCUT2D eigenvalue weighted by atomic mass is 10.2. The van der Waals surface area contributed by atoms with Crippen LogP contribution >= 0.6 is 11.3 Å². The van der Waals surface area contributed by atoms with Crippen LogP contribution in [0.4, 0.5) is 5.69 Å². The minimum Gasteiger partial charge on any atom is -0.408 e. The molecule has 1 N–H and O–H groups in total. The molecular formula is C24H27N5O4S. The van der Waals surface area contributed by atoms with Crippen LogP contribution in [-0.4, -0.2) is 45.6 Å². The molecule has 1 aliphatic heterocycles. The van der Waals surface area contributed by atoms with Crippen molar-refractivity contribution >= 4 is 44.2 Å². The van der Waals surface area contributed by atoms with E-state index in [-0.39, 0.29) is 11.5 Å². The number of aryl methyl sites for hydroxylation is 2. The monoisotopic (exact) mass is 481 g/mol. The Morgan fingerprint density at radius 2 is 2.06 bits per heavy atom. The van der Waals surface area contributed by atoms with Crippen molar-refractivity contribution in [1.29, 1.82) is 0 Å². The van der Waals surface area contributed by atoms with E-state index in [9.17, 15) is 14.4 Å². The molecule has 0 atom stereocenters. The molecule has 4 aromatic rings. The van der Waals surface area contributed by atoms with Gasteiger partial charge < -0.3 is 14.6 Å². The predicted molar refractivity (Wildman–Crippen MR) is 133 cm³/mol. The summed E-state index contributed by atoms with van der Waals surface area (Å²) in [6.45, 7) is 3.64. The van der Waals surface area contributed by atoms with Crippen LogP contribution in [0.5, 0.6) is 0 Å². The normalized spacial score (nSPS) is 14.0. The van der Waals surface area contributed by atoms with Crippen LogP contribution in [0.2, 0.25) is 0 Å². The molecule has 1 aliphatic rings. The summed E-state index contributed by atoms with van der Waals surface area (Å²) in [4.78, 5) is 46.5. The fourth-order valence-corrected chi connectivity index (χ4v) is 5.55. The van der Waals surface area contributed by atoms with Crippen molar-refractivity contribution in [3.8, 4) is 0 Å². The molecule has 0 radical (unpaired) electrons. The van der Waals surface area contributed by atoms with Gasteiger partial charge in [0.05, 0.1) is 15.8 Å². The second-order valence-electron chi connectivity index (χ2n) is 8.99. The van der Waals surface area contributed by atoms with Gasteiger partial charge in [-0.3, -0.25) is 18.7 Å². The number of carbonyl (C=O) groups excluding carboxylic acids is 1. The Morgan fingerprint density at radius 3 is 2.85 bits per heavy atom. The molecule has 0 saturated heterocycles. The van der Waals surface area contributed by atoms with E-state index in [1.807, 2.05) is 19.0 Å². The van der Waals surface area contributed by atoms with Crippen molar-refractivity contribution in [3.63, 3.8) is 0 Å². The number of nitrogens with one attached hydrogen (secondary N) is 1. The maximum Gasteiger partial charge on any atom is 0.419 e. The lowest BCUT2D eigenvalue weighted by molar-refractivity contribution is 0.103. The molecule has 1 aromatic carbocycles. The number of thiophene rings is 1. The third-order valence-corrected chi connectivity index (χ3v) is 7.50. The van der Waals surface area contributed by atoms with Gasteiger partial charge in [0, 0.05) is 31.7 Å². The third kappa shape index (κ3) is 3.97. The minimum atomic E-state index is -0.424. The van der Waals surface area contributed by atoms with Crippen LogP contribution < -0.4 is 16.6 Å². The number of nitrogens with zero attached hydrogens (tertiary/aromatic N) is 4. The SMILES string of the molecule is Cc1c(C(=O)Nc2ccc3oc(=O)n(CCN(C)C)c3c2)sc2nc3n(c(=O)c12)CCCCC3. The number of amides is 1. The van der Waals surface area contributed by atoms with Gasteiger partial charge in [-0.05, 0) is 57.6 Å². The average Bonchev–Trinajstić information content (AvgIpc) is 3.16. The Morgan fingerprint density at radius 1 is 1.24 bits per heavy atom. The molecule has 0 spiro atoms. The Bertz CT molecular complexity index is 1520. The van der Waals surface area contributed by atoms with Gasteiger partial charge >= 0.3 is 5.76 Å².